The van der Waals surface area contributed by atoms with Crippen LogP contribution in [-0.4, -0.2) is 21.9 Å². The molecule has 1 aliphatic rings. The summed E-state index contributed by atoms with van der Waals surface area (Å²) in [4.78, 5) is 31.7. The normalized spacial score (nSPS) is 14.6. The van der Waals surface area contributed by atoms with Crippen molar-refractivity contribution in [3.05, 3.63) is 113 Å². The highest BCUT2D eigenvalue weighted by Crippen LogP contribution is 2.32. The number of carbonyl (C=O) groups excluding carboxylic acids is 2. The molecule has 1 aromatic heterocycles. The van der Waals surface area contributed by atoms with Crippen LogP contribution < -0.4 is 15.0 Å². The van der Waals surface area contributed by atoms with E-state index in [0.29, 0.717) is 27.8 Å². The molecule has 0 unspecified atom stereocenters. The lowest BCUT2D eigenvalue weighted by atomic mass is 9.99. The van der Waals surface area contributed by atoms with E-state index in [0.717, 1.165) is 11.1 Å². The maximum Gasteiger partial charge on any atom is 0.270 e. The SMILES string of the molecule is O=C1NC(=S)N(c2ccc(Oc3ccccc3)cc2)C(=O)C1=Cc1cnccc1-c1ccccc1Cl. The first-order valence-electron chi connectivity index (χ1n) is 10.9. The monoisotopic (exact) mass is 511 g/mol. The summed E-state index contributed by atoms with van der Waals surface area (Å²) in [5.41, 5.74) is 2.50. The van der Waals surface area contributed by atoms with E-state index in [2.05, 4.69) is 10.3 Å². The molecular weight excluding hydrogens is 494 g/mol. The van der Waals surface area contributed by atoms with Crippen LogP contribution in [0, 0.1) is 0 Å². The number of nitrogens with zero attached hydrogens (tertiary/aromatic N) is 2. The average Bonchev–Trinajstić information content (AvgIpc) is 2.89. The summed E-state index contributed by atoms with van der Waals surface area (Å²) in [5.74, 6) is 0.159. The molecule has 0 radical (unpaired) electrons. The minimum absolute atomic E-state index is 0.00334. The van der Waals surface area contributed by atoms with Gasteiger partial charge >= 0.3 is 0 Å². The van der Waals surface area contributed by atoms with E-state index in [1.807, 2.05) is 48.5 Å². The molecule has 1 N–H and O–H groups in total. The minimum Gasteiger partial charge on any atom is -0.457 e. The molecule has 0 atom stereocenters. The first-order valence-corrected chi connectivity index (χ1v) is 11.7. The number of nitrogens with one attached hydrogen (secondary N) is 1. The Hall–Kier alpha value is -4.33. The summed E-state index contributed by atoms with van der Waals surface area (Å²) in [7, 11) is 0. The number of hydrogen-bond acceptors (Lipinski definition) is 5. The van der Waals surface area contributed by atoms with Crippen LogP contribution in [0.15, 0.2) is 103 Å². The Morgan fingerprint density at radius 1 is 0.861 bits per heavy atom. The fourth-order valence-corrected chi connectivity index (χ4v) is 4.30. The first-order chi connectivity index (χ1) is 17.5. The highest BCUT2D eigenvalue weighted by atomic mass is 35.5. The van der Waals surface area contributed by atoms with Gasteiger partial charge in [-0.1, -0.05) is 48.0 Å². The van der Waals surface area contributed by atoms with Gasteiger partial charge in [0.1, 0.15) is 17.1 Å². The summed E-state index contributed by atoms with van der Waals surface area (Å²) in [6.45, 7) is 0. The molecule has 0 saturated carbocycles. The Kier molecular flexibility index (Phi) is 6.58. The second-order valence-corrected chi connectivity index (χ2v) is 8.60. The van der Waals surface area contributed by atoms with Crippen LogP contribution in [0.4, 0.5) is 5.69 Å². The number of para-hydroxylation sites is 1. The van der Waals surface area contributed by atoms with Gasteiger partial charge in [0, 0.05) is 28.5 Å². The highest BCUT2D eigenvalue weighted by Gasteiger charge is 2.34. The van der Waals surface area contributed by atoms with E-state index in [1.54, 1.807) is 48.8 Å². The van der Waals surface area contributed by atoms with E-state index < -0.39 is 11.8 Å². The lowest BCUT2D eigenvalue weighted by Gasteiger charge is -2.29. The Balaban J connectivity index is 1.47. The number of anilines is 1. The Morgan fingerprint density at radius 3 is 2.31 bits per heavy atom. The van der Waals surface area contributed by atoms with E-state index in [4.69, 9.17) is 28.6 Å². The minimum atomic E-state index is -0.584. The number of amides is 2. The molecule has 1 saturated heterocycles. The van der Waals surface area contributed by atoms with Gasteiger partial charge in [-0.2, -0.15) is 0 Å². The molecule has 0 bridgehead atoms. The number of thiocarbonyl (C=S) groups is 1. The molecular formula is C28H18ClN3O3S. The van der Waals surface area contributed by atoms with Crippen molar-refractivity contribution >= 4 is 52.5 Å². The molecule has 2 heterocycles. The summed E-state index contributed by atoms with van der Waals surface area (Å²) in [6.07, 6.45) is 4.72. The van der Waals surface area contributed by atoms with Crippen molar-refractivity contribution in [3.8, 4) is 22.6 Å². The molecule has 0 aliphatic carbocycles. The second-order valence-electron chi connectivity index (χ2n) is 7.81. The molecule has 176 valence electrons. The quantitative estimate of drug-likeness (QED) is 0.201. The summed E-state index contributed by atoms with van der Waals surface area (Å²) < 4.78 is 5.82. The van der Waals surface area contributed by atoms with Gasteiger partial charge in [0.05, 0.1) is 5.69 Å². The molecule has 8 heteroatoms. The van der Waals surface area contributed by atoms with Crippen LogP contribution in [0.5, 0.6) is 11.5 Å². The molecule has 3 aromatic carbocycles. The van der Waals surface area contributed by atoms with Crippen LogP contribution in [-0.2, 0) is 9.59 Å². The van der Waals surface area contributed by atoms with Crippen LogP contribution in [0.2, 0.25) is 5.02 Å². The molecule has 5 rings (SSSR count). The molecule has 2 amide bonds. The number of rotatable bonds is 5. The van der Waals surface area contributed by atoms with E-state index in [-0.39, 0.29) is 10.7 Å². The molecule has 6 nitrogen and oxygen atoms in total. The Morgan fingerprint density at radius 2 is 1.56 bits per heavy atom. The number of carbonyl (C=O) groups is 2. The topological polar surface area (TPSA) is 71.5 Å². The van der Waals surface area contributed by atoms with Crippen molar-refractivity contribution in [2.45, 2.75) is 0 Å². The first kappa shape index (κ1) is 23.4. The maximum absolute atomic E-state index is 13.5. The Bertz CT molecular complexity index is 1500. The van der Waals surface area contributed by atoms with Gasteiger partial charge in [0.25, 0.3) is 11.8 Å². The molecule has 1 aliphatic heterocycles. The molecule has 0 spiro atoms. The average molecular weight is 512 g/mol. The lowest BCUT2D eigenvalue weighted by Crippen LogP contribution is -2.54. The van der Waals surface area contributed by atoms with Gasteiger partial charge < -0.3 is 4.74 Å². The number of aromatic nitrogens is 1. The molecule has 1 fully saturated rings. The van der Waals surface area contributed by atoms with Gasteiger partial charge in [-0.15, -0.1) is 0 Å². The maximum atomic E-state index is 13.5. The largest absolute Gasteiger partial charge is 0.457 e. The van der Waals surface area contributed by atoms with Crippen molar-refractivity contribution in [2.75, 3.05) is 4.90 Å². The van der Waals surface area contributed by atoms with Crippen molar-refractivity contribution in [1.29, 1.82) is 0 Å². The fraction of sp³-hybridized carbons (Fsp3) is 0. The van der Waals surface area contributed by atoms with Gasteiger partial charge in [-0.3, -0.25) is 24.8 Å². The molecule has 4 aromatic rings. The third kappa shape index (κ3) is 4.75. The third-order valence-corrected chi connectivity index (χ3v) is 6.11. The second kappa shape index (κ2) is 10.1. The number of benzene rings is 3. The van der Waals surface area contributed by atoms with Crippen molar-refractivity contribution in [2.24, 2.45) is 0 Å². The predicted octanol–water partition coefficient (Wildman–Crippen LogP) is 6.03. The summed E-state index contributed by atoms with van der Waals surface area (Å²) >= 11 is 11.7. The predicted molar refractivity (Wildman–Crippen MR) is 144 cm³/mol. The van der Waals surface area contributed by atoms with Gasteiger partial charge in [0.15, 0.2) is 5.11 Å². The third-order valence-electron chi connectivity index (χ3n) is 5.49. The van der Waals surface area contributed by atoms with Gasteiger partial charge in [-0.05, 0) is 72.4 Å². The van der Waals surface area contributed by atoms with Crippen molar-refractivity contribution in [1.82, 2.24) is 10.3 Å². The van der Waals surface area contributed by atoms with Crippen LogP contribution in [0.1, 0.15) is 5.56 Å². The highest BCUT2D eigenvalue weighted by molar-refractivity contribution is 7.80. The van der Waals surface area contributed by atoms with Crippen LogP contribution >= 0.6 is 23.8 Å². The van der Waals surface area contributed by atoms with Crippen LogP contribution in [0.25, 0.3) is 17.2 Å². The van der Waals surface area contributed by atoms with E-state index >= 15 is 0 Å². The van der Waals surface area contributed by atoms with E-state index in [9.17, 15) is 9.59 Å². The van der Waals surface area contributed by atoms with Gasteiger partial charge in [-0.25, -0.2) is 0 Å². The number of ether oxygens (including phenoxy) is 1. The zero-order valence-electron chi connectivity index (χ0n) is 18.7. The standard InChI is InChI=1S/C28H18ClN3O3S/c29-25-9-5-4-8-23(25)22-14-15-30-17-18(22)16-24-26(33)31-28(36)32(27(24)34)19-10-12-21(13-11-19)35-20-6-2-1-3-7-20/h1-17H,(H,31,33,36). The van der Waals surface area contributed by atoms with Crippen molar-refractivity contribution < 1.29 is 14.3 Å². The Labute approximate surface area is 217 Å². The zero-order valence-corrected chi connectivity index (χ0v) is 20.3. The summed E-state index contributed by atoms with van der Waals surface area (Å²) in [6, 6.07) is 25.3. The van der Waals surface area contributed by atoms with Crippen LogP contribution in [0.3, 0.4) is 0 Å². The summed E-state index contributed by atoms with van der Waals surface area (Å²) in [5, 5.41) is 3.15. The number of hydrogen-bond donors (Lipinski definition) is 1. The van der Waals surface area contributed by atoms with Gasteiger partial charge in [0.2, 0.25) is 0 Å². The lowest BCUT2D eigenvalue weighted by molar-refractivity contribution is -0.122. The molecule has 36 heavy (non-hydrogen) atoms. The smallest absolute Gasteiger partial charge is 0.270 e. The number of pyridine rings is 1. The zero-order chi connectivity index (χ0) is 25.1. The van der Waals surface area contributed by atoms with Crippen molar-refractivity contribution in [3.63, 3.8) is 0 Å². The fourth-order valence-electron chi connectivity index (χ4n) is 3.78. The van der Waals surface area contributed by atoms with E-state index in [1.165, 1.54) is 11.0 Å². The number of halogens is 1.